The number of thiophene rings is 1. The second-order valence-corrected chi connectivity index (χ2v) is 7.33. The number of esters is 2. The molecule has 0 saturated carbocycles. The third-order valence-electron chi connectivity index (χ3n) is 4.24. The number of carbonyl (C=O) groups excluding carboxylic acids is 3. The molecular weight excluding hydrogens is 398 g/mol. The van der Waals surface area contributed by atoms with Crippen molar-refractivity contribution in [1.82, 2.24) is 0 Å². The molecule has 154 valence electrons. The summed E-state index contributed by atoms with van der Waals surface area (Å²) in [5.74, 6) is -0.703. The van der Waals surface area contributed by atoms with Gasteiger partial charge in [-0.05, 0) is 44.0 Å². The Bertz CT molecular complexity index is 951. The van der Waals surface area contributed by atoms with Crippen LogP contribution >= 0.6 is 11.3 Å². The quantitative estimate of drug-likeness (QED) is 0.687. The number of benzene rings is 1. The molecule has 0 unspecified atom stereocenters. The lowest BCUT2D eigenvalue weighted by molar-refractivity contribution is -0.119. The van der Waals surface area contributed by atoms with E-state index in [0.717, 1.165) is 10.4 Å². The van der Waals surface area contributed by atoms with E-state index in [1.807, 2.05) is 13.8 Å². The average molecular weight is 419 g/mol. The zero-order chi connectivity index (χ0) is 21.0. The van der Waals surface area contributed by atoms with Gasteiger partial charge in [0.15, 0.2) is 18.1 Å². The average Bonchev–Trinajstić information content (AvgIpc) is 3.29. The standard InChI is InChI=1S/C20H21NO7S/c1-4-13-11(3)29-18(17(13)20(24)25-5-2)21-16(22)9-26-19(23)12-6-7-14-15(8-12)28-10-27-14/h6-8H,4-5,9-10H2,1-3H3,(H,21,22). The van der Waals surface area contributed by atoms with E-state index in [2.05, 4.69) is 5.32 Å². The van der Waals surface area contributed by atoms with Crippen molar-refractivity contribution in [1.29, 1.82) is 0 Å². The summed E-state index contributed by atoms with van der Waals surface area (Å²) in [6.45, 7) is 5.36. The van der Waals surface area contributed by atoms with Crippen molar-refractivity contribution < 1.29 is 33.3 Å². The first-order valence-electron chi connectivity index (χ1n) is 9.10. The fourth-order valence-electron chi connectivity index (χ4n) is 2.91. The number of hydrogen-bond acceptors (Lipinski definition) is 8. The molecule has 0 saturated heterocycles. The first kappa shape index (κ1) is 20.7. The van der Waals surface area contributed by atoms with E-state index < -0.39 is 24.5 Å². The molecule has 3 rings (SSSR count). The van der Waals surface area contributed by atoms with Crippen molar-refractivity contribution in [3.05, 3.63) is 39.8 Å². The topological polar surface area (TPSA) is 100 Å². The molecule has 0 atom stereocenters. The predicted molar refractivity (Wildman–Crippen MR) is 106 cm³/mol. The number of aryl methyl sites for hydroxylation is 1. The van der Waals surface area contributed by atoms with E-state index >= 15 is 0 Å². The molecule has 0 spiro atoms. The molecule has 9 heteroatoms. The zero-order valence-corrected chi connectivity index (χ0v) is 17.1. The van der Waals surface area contributed by atoms with E-state index in [0.29, 0.717) is 28.5 Å². The second kappa shape index (κ2) is 8.95. The summed E-state index contributed by atoms with van der Waals surface area (Å²) >= 11 is 1.29. The van der Waals surface area contributed by atoms with Crippen LogP contribution in [0.5, 0.6) is 11.5 Å². The number of ether oxygens (including phenoxy) is 4. The third-order valence-corrected chi connectivity index (χ3v) is 5.30. The Labute approximate surface area is 171 Å². The van der Waals surface area contributed by atoms with Crippen molar-refractivity contribution in [2.24, 2.45) is 0 Å². The SMILES string of the molecule is CCOC(=O)c1c(NC(=O)COC(=O)c2ccc3c(c2)OCO3)sc(C)c1CC. The highest BCUT2D eigenvalue weighted by atomic mass is 32.1. The van der Waals surface area contributed by atoms with Crippen LogP contribution in [0, 0.1) is 6.92 Å². The molecule has 1 amide bonds. The minimum atomic E-state index is -0.666. The molecule has 2 aromatic rings. The number of fused-ring (bicyclic) bond motifs is 1. The van der Waals surface area contributed by atoms with Gasteiger partial charge in [-0.3, -0.25) is 4.79 Å². The largest absolute Gasteiger partial charge is 0.462 e. The summed E-state index contributed by atoms with van der Waals surface area (Å²) in [4.78, 5) is 37.7. The van der Waals surface area contributed by atoms with Gasteiger partial charge in [-0.2, -0.15) is 0 Å². The Morgan fingerprint density at radius 3 is 2.59 bits per heavy atom. The summed E-state index contributed by atoms with van der Waals surface area (Å²) < 4.78 is 20.6. The minimum absolute atomic E-state index is 0.0962. The van der Waals surface area contributed by atoms with E-state index in [4.69, 9.17) is 18.9 Å². The van der Waals surface area contributed by atoms with Gasteiger partial charge < -0.3 is 24.3 Å². The molecule has 0 aliphatic carbocycles. The molecule has 0 radical (unpaired) electrons. The second-order valence-electron chi connectivity index (χ2n) is 6.11. The molecule has 1 N–H and O–H groups in total. The normalized spacial score (nSPS) is 11.8. The van der Waals surface area contributed by atoms with E-state index in [9.17, 15) is 14.4 Å². The van der Waals surface area contributed by atoms with Gasteiger partial charge in [0, 0.05) is 4.88 Å². The smallest absolute Gasteiger partial charge is 0.341 e. The monoisotopic (exact) mass is 419 g/mol. The van der Waals surface area contributed by atoms with Gasteiger partial charge in [-0.15, -0.1) is 11.3 Å². The van der Waals surface area contributed by atoms with Crippen LogP contribution in [0.4, 0.5) is 5.00 Å². The highest BCUT2D eigenvalue weighted by Crippen LogP contribution is 2.34. The van der Waals surface area contributed by atoms with Crippen LogP contribution in [0.3, 0.4) is 0 Å². The Kier molecular flexibility index (Phi) is 6.38. The maximum absolute atomic E-state index is 12.3. The Hall–Kier alpha value is -3.07. The maximum atomic E-state index is 12.3. The van der Waals surface area contributed by atoms with Crippen molar-refractivity contribution >= 4 is 34.2 Å². The fourth-order valence-corrected chi connectivity index (χ4v) is 4.06. The van der Waals surface area contributed by atoms with Crippen molar-refractivity contribution in [2.45, 2.75) is 27.2 Å². The van der Waals surface area contributed by atoms with Gasteiger partial charge in [0.1, 0.15) is 5.00 Å². The number of carbonyl (C=O) groups is 3. The summed E-state index contributed by atoms with van der Waals surface area (Å²) in [6.07, 6.45) is 0.630. The Morgan fingerprint density at radius 1 is 1.10 bits per heavy atom. The van der Waals surface area contributed by atoms with Gasteiger partial charge in [0.2, 0.25) is 6.79 Å². The lowest BCUT2D eigenvalue weighted by Gasteiger charge is -2.09. The van der Waals surface area contributed by atoms with Crippen LogP contribution in [-0.2, 0) is 20.7 Å². The molecule has 8 nitrogen and oxygen atoms in total. The molecular formula is C20H21NO7S. The lowest BCUT2D eigenvalue weighted by atomic mass is 10.1. The summed E-state index contributed by atoms with van der Waals surface area (Å²) in [7, 11) is 0. The van der Waals surface area contributed by atoms with Gasteiger partial charge in [-0.1, -0.05) is 6.92 Å². The Balaban J connectivity index is 1.65. The number of anilines is 1. The molecule has 1 aromatic heterocycles. The molecule has 1 aliphatic heterocycles. The van der Waals surface area contributed by atoms with Crippen LogP contribution in [-0.4, -0.2) is 37.9 Å². The van der Waals surface area contributed by atoms with Gasteiger partial charge in [0.25, 0.3) is 5.91 Å². The van der Waals surface area contributed by atoms with E-state index in [1.165, 1.54) is 23.5 Å². The molecule has 2 heterocycles. The predicted octanol–water partition coefficient (Wildman–Crippen LogP) is 3.32. The first-order valence-corrected chi connectivity index (χ1v) is 9.92. The molecule has 29 heavy (non-hydrogen) atoms. The number of hydrogen-bond donors (Lipinski definition) is 1. The summed E-state index contributed by atoms with van der Waals surface area (Å²) in [5, 5.41) is 3.04. The van der Waals surface area contributed by atoms with Crippen molar-refractivity contribution in [3.8, 4) is 11.5 Å². The van der Waals surface area contributed by atoms with E-state index in [1.54, 1.807) is 13.0 Å². The van der Waals surface area contributed by atoms with E-state index in [-0.39, 0.29) is 19.0 Å². The van der Waals surface area contributed by atoms with Crippen LogP contribution in [0.2, 0.25) is 0 Å². The van der Waals surface area contributed by atoms with Gasteiger partial charge in [0.05, 0.1) is 17.7 Å². The van der Waals surface area contributed by atoms with Crippen LogP contribution in [0.15, 0.2) is 18.2 Å². The highest BCUT2D eigenvalue weighted by Gasteiger charge is 2.24. The van der Waals surface area contributed by atoms with Gasteiger partial charge in [-0.25, -0.2) is 9.59 Å². The van der Waals surface area contributed by atoms with Crippen LogP contribution in [0.1, 0.15) is 45.0 Å². The van der Waals surface area contributed by atoms with Crippen LogP contribution in [0.25, 0.3) is 0 Å². The summed E-state index contributed by atoms with van der Waals surface area (Å²) in [5.41, 5.74) is 1.43. The number of amides is 1. The molecule has 0 bridgehead atoms. The Morgan fingerprint density at radius 2 is 1.86 bits per heavy atom. The van der Waals surface area contributed by atoms with Crippen LogP contribution < -0.4 is 14.8 Å². The highest BCUT2D eigenvalue weighted by molar-refractivity contribution is 7.16. The van der Waals surface area contributed by atoms with Crippen molar-refractivity contribution in [3.63, 3.8) is 0 Å². The molecule has 1 aliphatic rings. The number of rotatable bonds is 7. The van der Waals surface area contributed by atoms with Gasteiger partial charge >= 0.3 is 11.9 Å². The minimum Gasteiger partial charge on any atom is -0.462 e. The number of nitrogens with one attached hydrogen (secondary N) is 1. The first-order chi connectivity index (χ1) is 13.9. The maximum Gasteiger partial charge on any atom is 0.341 e. The lowest BCUT2D eigenvalue weighted by Crippen LogP contribution is -2.22. The third kappa shape index (κ3) is 4.51. The fraction of sp³-hybridized carbons (Fsp3) is 0.350. The molecule has 0 fully saturated rings. The summed E-state index contributed by atoms with van der Waals surface area (Å²) in [6, 6.07) is 4.63. The van der Waals surface area contributed by atoms with Crippen molar-refractivity contribution in [2.75, 3.05) is 25.3 Å². The zero-order valence-electron chi connectivity index (χ0n) is 16.3. The molecule has 1 aromatic carbocycles.